The number of nitrogens with zero attached hydrogens (tertiary/aromatic N) is 1. The number of aryl methyl sites for hydroxylation is 1. The van der Waals surface area contributed by atoms with Gasteiger partial charge in [0.25, 0.3) is 5.91 Å². The van der Waals surface area contributed by atoms with Gasteiger partial charge in [-0.15, -0.1) is 0 Å². The second-order valence-corrected chi connectivity index (χ2v) is 7.98. The number of hydrogen-bond acceptors (Lipinski definition) is 4. The van der Waals surface area contributed by atoms with Crippen LogP contribution in [0.5, 0.6) is 17.2 Å². The first-order chi connectivity index (χ1) is 13.6. The molecular weight excluding hydrogens is 352 g/mol. The molecule has 0 aromatic heterocycles. The van der Waals surface area contributed by atoms with E-state index in [1.807, 2.05) is 60.4 Å². The van der Waals surface area contributed by atoms with Gasteiger partial charge in [-0.1, -0.05) is 17.7 Å². The van der Waals surface area contributed by atoms with Crippen molar-refractivity contribution in [3.63, 3.8) is 0 Å². The summed E-state index contributed by atoms with van der Waals surface area (Å²) in [5, 5.41) is 3.46. The molecule has 2 saturated heterocycles. The van der Waals surface area contributed by atoms with Crippen LogP contribution in [0.15, 0.2) is 48.5 Å². The Labute approximate surface area is 166 Å². The van der Waals surface area contributed by atoms with Crippen molar-refractivity contribution >= 4 is 5.91 Å². The van der Waals surface area contributed by atoms with Gasteiger partial charge in [0.2, 0.25) is 0 Å². The van der Waals surface area contributed by atoms with Crippen LogP contribution in [0.4, 0.5) is 0 Å². The van der Waals surface area contributed by atoms with Gasteiger partial charge in [-0.05, 0) is 74.5 Å². The van der Waals surface area contributed by atoms with Crippen LogP contribution in [0.2, 0.25) is 0 Å². The van der Waals surface area contributed by atoms with E-state index >= 15 is 0 Å². The third-order valence-electron chi connectivity index (χ3n) is 5.95. The molecular formula is C23H28N2O3. The zero-order valence-corrected chi connectivity index (χ0v) is 16.4. The third kappa shape index (κ3) is 4.47. The van der Waals surface area contributed by atoms with Crippen molar-refractivity contribution < 1.29 is 14.3 Å². The summed E-state index contributed by atoms with van der Waals surface area (Å²) in [7, 11) is 0. The molecule has 0 aliphatic carbocycles. The van der Waals surface area contributed by atoms with E-state index in [1.165, 1.54) is 12.0 Å². The molecule has 0 unspecified atom stereocenters. The predicted octanol–water partition coefficient (Wildman–Crippen LogP) is 3.77. The molecule has 2 aromatic carbocycles. The van der Waals surface area contributed by atoms with E-state index in [1.54, 1.807) is 0 Å². The van der Waals surface area contributed by atoms with E-state index in [-0.39, 0.29) is 12.5 Å². The third-order valence-corrected chi connectivity index (χ3v) is 5.95. The molecule has 0 atom stereocenters. The molecule has 5 nitrogen and oxygen atoms in total. The van der Waals surface area contributed by atoms with Crippen LogP contribution >= 0.6 is 0 Å². The number of benzene rings is 2. The fourth-order valence-corrected chi connectivity index (χ4v) is 4.04. The Balaban J connectivity index is 1.24. The zero-order chi connectivity index (χ0) is 19.4. The van der Waals surface area contributed by atoms with Crippen LogP contribution in [0.1, 0.15) is 24.8 Å². The highest BCUT2D eigenvalue weighted by Gasteiger charge is 2.37. The van der Waals surface area contributed by atoms with Gasteiger partial charge < -0.3 is 19.7 Å². The van der Waals surface area contributed by atoms with E-state index in [2.05, 4.69) is 5.32 Å². The van der Waals surface area contributed by atoms with E-state index in [0.717, 1.165) is 50.5 Å². The van der Waals surface area contributed by atoms with Gasteiger partial charge >= 0.3 is 0 Å². The quantitative estimate of drug-likeness (QED) is 0.858. The summed E-state index contributed by atoms with van der Waals surface area (Å²) in [5.41, 5.74) is 1.62. The molecule has 0 radical (unpaired) electrons. The Hall–Kier alpha value is -2.53. The Bertz CT molecular complexity index is 786. The zero-order valence-electron chi connectivity index (χ0n) is 16.4. The molecule has 2 heterocycles. The van der Waals surface area contributed by atoms with Crippen molar-refractivity contribution in [1.82, 2.24) is 10.2 Å². The summed E-state index contributed by atoms with van der Waals surface area (Å²) in [5.74, 6) is 2.29. The first kappa shape index (κ1) is 18.8. The standard InChI is InChI=1S/C23H28N2O3/c1-18-2-4-20(5-3-18)28-21-8-6-19(7-9-21)27-16-22(26)25-14-11-23(12-15-25)10-13-24-17-23/h2-9,24H,10-17H2,1H3. The SMILES string of the molecule is Cc1ccc(Oc2ccc(OCC(=O)N3CCC4(CCNC4)CC3)cc2)cc1. The van der Waals surface area contributed by atoms with Gasteiger partial charge in [-0.3, -0.25) is 4.79 Å². The summed E-state index contributed by atoms with van der Waals surface area (Å²) in [6.07, 6.45) is 3.43. The average molecular weight is 380 g/mol. The average Bonchev–Trinajstić information content (AvgIpc) is 3.17. The van der Waals surface area contributed by atoms with Crippen LogP contribution in [0, 0.1) is 12.3 Å². The summed E-state index contributed by atoms with van der Waals surface area (Å²) < 4.78 is 11.5. The minimum atomic E-state index is 0.0702. The molecule has 148 valence electrons. The highest BCUT2D eigenvalue weighted by Crippen LogP contribution is 2.36. The van der Waals surface area contributed by atoms with Crippen molar-refractivity contribution in [3.05, 3.63) is 54.1 Å². The van der Waals surface area contributed by atoms with Crippen molar-refractivity contribution in [2.75, 3.05) is 32.8 Å². The number of carbonyl (C=O) groups excluding carboxylic acids is 1. The maximum atomic E-state index is 12.5. The molecule has 2 aliphatic heterocycles. The fraction of sp³-hybridized carbons (Fsp3) is 0.435. The van der Waals surface area contributed by atoms with E-state index in [9.17, 15) is 4.79 Å². The van der Waals surface area contributed by atoms with Crippen LogP contribution in [-0.2, 0) is 4.79 Å². The Morgan fingerprint density at radius 2 is 1.57 bits per heavy atom. The topological polar surface area (TPSA) is 50.8 Å². The minimum Gasteiger partial charge on any atom is -0.484 e. The molecule has 2 aliphatic rings. The Morgan fingerprint density at radius 1 is 0.964 bits per heavy atom. The second-order valence-electron chi connectivity index (χ2n) is 7.98. The van der Waals surface area contributed by atoms with Crippen LogP contribution in [0.3, 0.4) is 0 Å². The smallest absolute Gasteiger partial charge is 0.260 e. The molecule has 4 rings (SSSR count). The molecule has 28 heavy (non-hydrogen) atoms. The van der Waals surface area contributed by atoms with E-state index in [0.29, 0.717) is 11.2 Å². The monoisotopic (exact) mass is 380 g/mol. The summed E-state index contributed by atoms with van der Waals surface area (Å²) in [4.78, 5) is 14.4. The number of rotatable bonds is 5. The van der Waals surface area contributed by atoms with Crippen molar-refractivity contribution in [2.24, 2.45) is 5.41 Å². The van der Waals surface area contributed by atoms with Crippen LogP contribution in [-0.4, -0.2) is 43.6 Å². The lowest BCUT2D eigenvalue weighted by Crippen LogP contribution is -2.45. The van der Waals surface area contributed by atoms with Crippen molar-refractivity contribution in [2.45, 2.75) is 26.2 Å². The second kappa shape index (κ2) is 8.23. The Kier molecular flexibility index (Phi) is 5.53. The lowest BCUT2D eigenvalue weighted by molar-refractivity contribution is -0.135. The fourth-order valence-electron chi connectivity index (χ4n) is 4.04. The number of piperidine rings is 1. The van der Waals surface area contributed by atoms with Crippen LogP contribution in [0.25, 0.3) is 0 Å². The summed E-state index contributed by atoms with van der Waals surface area (Å²) in [6.45, 7) is 6.03. The largest absolute Gasteiger partial charge is 0.484 e. The van der Waals surface area contributed by atoms with Crippen molar-refractivity contribution in [1.29, 1.82) is 0 Å². The molecule has 1 spiro atoms. The van der Waals surface area contributed by atoms with Crippen molar-refractivity contribution in [3.8, 4) is 17.2 Å². The number of carbonyl (C=O) groups is 1. The van der Waals surface area contributed by atoms with Gasteiger partial charge in [0.15, 0.2) is 6.61 Å². The highest BCUT2D eigenvalue weighted by molar-refractivity contribution is 5.77. The number of amides is 1. The number of nitrogens with one attached hydrogen (secondary N) is 1. The molecule has 0 bridgehead atoms. The van der Waals surface area contributed by atoms with Gasteiger partial charge in [0.05, 0.1) is 0 Å². The molecule has 5 heteroatoms. The first-order valence-electron chi connectivity index (χ1n) is 10.1. The maximum Gasteiger partial charge on any atom is 0.260 e. The molecule has 1 amide bonds. The maximum absolute atomic E-state index is 12.5. The highest BCUT2D eigenvalue weighted by atomic mass is 16.5. The predicted molar refractivity (Wildman–Crippen MR) is 109 cm³/mol. The molecule has 2 fully saturated rings. The van der Waals surface area contributed by atoms with E-state index < -0.39 is 0 Å². The number of hydrogen-bond donors (Lipinski definition) is 1. The number of likely N-dealkylation sites (tertiary alicyclic amines) is 1. The van der Waals surface area contributed by atoms with Gasteiger partial charge in [0.1, 0.15) is 17.2 Å². The van der Waals surface area contributed by atoms with Crippen LogP contribution < -0.4 is 14.8 Å². The lowest BCUT2D eigenvalue weighted by Gasteiger charge is -2.38. The van der Waals surface area contributed by atoms with E-state index in [4.69, 9.17) is 9.47 Å². The summed E-state index contributed by atoms with van der Waals surface area (Å²) >= 11 is 0. The lowest BCUT2D eigenvalue weighted by atomic mass is 9.78. The van der Waals surface area contributed by atoms with Gasteiger partial charge in [-0.2, -0.15) is 0 Å². The first-order valence-corrected chi connectivity index (χ1v) is 10.1. The summed E-state index contributed by atoms with van der Waals surface area (Å²) in [6, 6.07) is 15.3. The van der Waals surface area contributed by atoms with Gasteiger partial charge in [0, 0.05) is 19.6 Å². The molecule has 0 saturated carbocycles. The van der Waals surface area contributed by atoms with Gasteiger partial charge in [-0.25, -0.2) is 0 Å². The number of ether oxygens (including phenoxy) is 2. The molecule has 2 aromatic rings. The molecule has 1 N–H and O–H groups in total. The normalized spacial score (nSPS) is 18.2. The minimum absolute atomic E-state index is 0.0702. The Morgan fingerprint density at radius 3 is 2.18 bits per heavy atom.